The van der Waals surface area contributed by atoms with Crippen LogP contribution in [0.2, 0.25) is 0 Å². The lowest BCUT2D eigenvalue weighted by Gasteiger charge is -2.08. The van der Waals surface area contributed by atoms with Crippen LogP contribution in [0.5, 0.6) is 11.6 Å². The molecule has 0 saturated heterocycles. The van der Waals surface area contributed by atoms with Gasteiger partial charge >= 0.3 is 0 Å². The number of ether oxygens (including phenoxy) is 1. The standard InChI is InChI=1S/C12H8F2N4OS/c13-6-1-2-8(14)9(5-6)19-10-7-3-4-20-11(7)17-12(16-10)18-15/h1-5H,15H2,(H,16,17,18). The summed E-state index contributed by atoms with van der Waals surface area (Å²) in [5.74, 6) is 3.96. The van der Waals surface area contributed by atoms with Gasteiger partial charge in [-0.05, 0) is 23.6 Å². The molecule has 3 rings (SSSR count). The molecule has 20 heavy (non-hydrogen) atoms. The summed E-state index contributed by atoms with van der Waals surface area (Å²) in [4.78, 5) is 8.75. The van der Waals surface area contributed by atoms with Crippen LogP contribution in [0.3, 0.4) is 0 Å². The Morgan fingerprint density at radius 3 is 2.85 bits per heavy atom. The summed E-state index contributed by atoms with van der Waals surface area (Å²) in [6, 6.07) is 4.67. The lowest BCUT2D eigenvalue weighted by molar-refractivity contribution is 0.427. The predicted octanol–water partition coefficient (Wildman–Crippen LogP) is 3.05. The summed E-state index contributed by atoms with van der Waals surface area (Å²) in [7, 11) is 0. The molecule has 1 aromatic carbocycles. The molecule has 0 saturated carbocycles. The fourth-order valence-electron chi connectivity index (χ4n) is 1.63. The van der Waals surface area contributed by atoms with E-state index in [9.17, 15) is 8.78 Å². The summed E-state index contributed by atoms with van der Waals surface area (Å²) in [5, 5.41) is 2.38. The summed E-state index contributed by atoms with van der Waals surface area (Å²) >= 11 is 1.35. The molecule has 0 aliphatic rings. The second-order valence-corrected chi connectivity index (χ2v) is 4.71. The van der Waals surface area contributed by atoms with Crippen LogP contribution in [0, 0.1) is 11.6 Å². The van der Waals surface area contributed by atoms with E-state index < -0.39 is 11.6 Å². The van der Waals surface area contributed by atoms with Gasteiger partial charge in [-0.15, -0.1) is 11.3 Å². The number of thiophene rings is 1. The van der Waals surface area contributed by atoms with E-state index in [0.717, 1.165) is 18.2 Å². The number of hydrogen-bond acceptors (Lipinski definition) is 6. The zero-order valence-electron chi connectivity index (χ0n) is 9.93. The first-order valence-electron chi connectivity index (χ1n) is 5.52. The van der Waals surface area contributed by atoms with Crippen LogP contribution in [0.25, 0.3) is 10.2 Å². The highest BCUT2D eigenvalue weighted by Gasteiger charge is 2.13. The van der Waals surface area contributed by atoms with Crippen LogP contribution in [0.4, 0.5) is 14.7 Å². The lowest BCUT2D eigenvalue weighted by atomic mass is 10.3. The van der Waals surface area contributed by atoms with Gasteiger partial charge in [0.25, 0.3) is 0 Å². The van der Waals surface area contributed by atoms with Crippen LogP contribution >= 0.6 is 11.3 Å². The van der Waals surface area contributed by atoms with Crippen LogP contribution < -0.4 is 16.0 Å². The Bertz CT molecular complexity index is 777. The summed E-state index contributed by atoms with van der Waals surface area (Å²) < 4.78 is 32.1. The maximum atomic E-state index is 13.6. The van der Waals surface area contributed by atoms with E-state index in [1.165, 1.54) is 11.3 Å². The van der Waals surface area contributed by atoms with E-state index in [2.05, 4.69) is 15.4 Å². The highest BCUT2D eigenvalue weighted by atomic mass is 32.1. The van der Waals surface area contributed by atoms with E-state index in [0.29, 0.717) is 10.2 Å². The van der Waals surface area contributed by atoms with Crippen molar-refractivity contribution in [2.24, 2.45) is 5.84 Å². The molecule has 8 heteroatoms. The summed E-state index contributed by atoms with van der Waals surface area (Å²) in [6.45, 7) is 0. The topological polar surface area (TPSA) is 73.1 Å². The molecule has 3 N–H and O–H groups in total. The van der Waals surface area contributed by atoms with Crippen molar-refractivity contribution in [3.05, 3.63) is 41.3 Å². The molecule has 0 spiro atoms. The van der Waals surface area contributed by atoms with Gasteiger partial charge in [-0.1, -0.05) is 0 Å². The molecule has 5 nitrogen and oxygen atoms in total. The fraction of sp³-hybridized carbons (Fsp3) is 0. The van der Waals surface area contributed by atoms with Gasteiger partial charge in [0.2, 0.25) is 11.8 Å². The molecule has 2 heterocycles. The van der Waals surface area contributed by atoms with E-state index in [-0.39, 0.29) is 17.6 Å². The number of halogens is 2. The van der Waals surface area contributed by atoms with Crippen LogP contribution in [-0.4, -0.2) is 9.97 Å². The molecule has 0 aliphatic heterocycles. The third-order valence-corrected chi connectivity index (χ3v) is 3.33. The Hall–Kier alpha value is -2.32. The monoisotopic (exact) mass is 294 g/mol. The number of rotatable bonds is 3. The number of aromatic nitrogens is 2. The summed E-state index contributed by atoms with van der Waals surface area (Å²) in [6.07, 6.45) is 0. The first-order chi connectivity index (χ1) is 9.67. The molecule has 0 amide bonds. The van der Waals surface area contributed by atoms with Crippen molar-refractivity contribution in [1.29, 1.82) is 0 Å². The fourth-order valence-corrected chi connectivity index (χ4v) is 2.38. The molecule has 3 aromatic rings. The normalized spacial score (nSPS) is 10.8. The van der Waals surface area contributed by atoms with E-state index in [4.69, 9.17) is 10.6 Å². The third kappa shape index (κ3) is 2.26. The molecular weight excluding hydrogens is 286 g/mol. The average molecular weight is 294 g/mol. The molecule has 102 valence electrons. The number of hydrazine groups is 1. The molecule has 0 radical (unpaired) electrons. The van der Waals surface area contributed by atoms with Gasteiger partial charge in [0.15, 0.2) is 11.6 Å². The molecule has 0 atom stereocenters. The minimum Gasteiger partial charge on any atom is -0.435 e. The molecule has 0 unspecified atom stereocenters. The van der Waals surface area contributed by atoms with Crippen LogP contribution in [0.15, 0.2) is 29.6 Å². The van der Waals surface area contributed by atoms with E-state index in [1.807, 2.05) is 0 Å². The maximum Gasteiger partial charge on any atom is 0.241 e. The van der Waals surface area contributed by atoms with E-state index in [1.54, 1.807) is 11.4 Å². The number of nitrogens with zero attached hydrogens (tertiary/aromatic N) is 2. The van der Waals surface area contributed by atoms with Crippen molar-refractivity contribution >= 4 is 27.5 Å². The largest absolute Gasteiger partial charge is 0.435 e. The SMILES string of the molecule is NNc1nc(Oc2cc(F)ccc2F)c2ccsc2n1. The van der Waals surface area contributed by atoms with Crippen LogP contribution in [-0.2, 0) is 0 Å². The lowest BCUT2D eigenvalue weighted by Crippen LogP contribution is -2.10. The van der Waals surface area contributed by atoms with Crippen molar-refractivity contribution in [2.45, 2.75) is 0 Å². The van der Waals surface area contributed by atoms with Gasteiger partial charge in [0.1, 0.15) is 10.6 Å². The minimum absolute atomic E-state index is 0.105. The van der Waals surface area contributed by atoms with Crippen molar-refractivity contribution in [3.63, 3.8) is 0 Å². The quantitative estimate of drug-likeness (QED) is 0.574. The smallest absolute Gasteiger partial charge is 0.241 e. The highest BCUT2D eigenvalue weighted by molar-refractivity contribution is 7.16. The predicted molar refractivity (Wildman–Crippen MR) is 71.7 cm³/mol. The van der Waals surface area contributed by atoms with Gasteiger partial charge in [0.05, 0.1) is 5.39 Å². The van der Waals surface area contributed by atoms with E-state index >= 15 is 0 Å². The molecule has 2 aromatic heterocycles. The van der Waals surface area contributed by atoms with Crippen molar-refractivity contribution < 1.29 is 13.5 Å². The number of fused-ring (bicyclic) bond motifs is 1. The Labute approximate surface area is 116 Å². The van der Waals surface area contributed by atoms with Gasteiger partial charge in [-0.25, -0.2) is 19.6 Å². The van der Waals surface area contributed by atoms with Crippen molar-refractivity contribution in [2.75, 3.05) is 5.43 Å². The average Bonchev–Trinajstić information content (AvgIpc) is 2.91. The van der Waals surface area contributed by atoms with Gasteiger partial charge in [-0.2, -0.15) is 4.98 Å². The van der Waals surface area contributed by atoms with Crippen molar-refractivity contribution in [1.82, 2.24) is 9.97 Å². The second kappa shape index (κ2) is 4.99. The Morgan fingerprint density at radius 2 is 2.05 bits per heavy atom. The Morgan fingerprint density at radius 1 is 1.20 bits per heavy atom. The minimum atomic E-state index is -0.685. The molecule has 0 bridgehead atoms. The van der Waals surface area contributed by atoms with Gasteiger partial charge in [0, 0.05) is 6.07 Å². The van der Waals surface area contributed by atoms with Gasteiger partial charge in [-0.3, -0.25) is 5.43 Å². The second-order valence-electron chi connectivity index (χ2n) is 3.81. The number of nitrogens with one attached hydrogen (secondary N) is 1. The number of hydrogen-bond donors (Lipinski definition) is 2. The number of nitrogens with two attached hydrogens (primary N) is 1. The molecular formula is C12H8F2N4OS. The summed E-state index contributed by atoms with van der Waals surface area (Å²) in [5.41, 5.74) is 2.30. The number of nitrogen functional groups attached to an aromatic ring is 1. The van der Waals surface area contributed by atoms with Crippen molar-refractivity contribution in [3.8, 4) is 11.6 Å². The van der Waals surface area contributed by atoms with Crippen LogP contribution in [0.1, 0.15) is 0 Å². The zero-order valence-corrected chi connectivity index (χ0v) is 10.7. The first-order valence-corrected chi connectivity index (χ1v) is 6.40. The number of anilines is 1. The van der Waals surface area contributed by atoms with Gasteiger partial charge < -0.3 is 4.74 Å². The third-order valence-electron chi connectivity index (χ3n) is 2.52. The molecule has 0 aliphatic carbocycles. The zero-order chi connectivity index (χ0) is 14.1. The highest BCUT2D eigenvalue weighted by Crippen LogP contribution is 2.32. The number of benzene rings is 1. The molecule has 0 fully saturated rings. The maximum absolute atomic E-state index is 13.6. The Kier molecular flexibility index (Phi) is 3.17. The Balaban J connectivity index is 2.09. The first kappa shape index (κ1) is 12.7.